The Morgan fingerprint density at radius 3 is 1.07 bits per heavy atom. The van der Waals surface area contributed by atoms with Crippen LogP contribution < -0.4 is 11.3 Å². The Balaban J connectivity index is 0.000000128. The molecule has 2 heterocycles. The molecule has 0 fully saturated rings. The molecule has 0 aliphatic carbocycles. The highest BCUT2D eigenvalue weighted by Gasteiger charge is 2.05. The molecule has 0 saturated carbocycles. The summed E-state index contributed by atoms with van der Waals surface area (Å²) in [4.78, 5) is 23.3. The summed E-state index contributed by atoms with van der Waals surface area (Å²) in [7, 11) is 0. The van der Waals surface area contributed by atoms with Gasteiger partial charge in [-0.25, -0.2) is 9.59 Å². The molecule has 0 saturated heterocycles. The van der Waals surface area contributed by atoms with Gasteiger partial charge in [0.25, 0.3) is 0 Å². The molecule has 6 rings (SSSR count). The molecule has 4 nitrogen and oxygen atoms in total. The third-order valence-electron chi connectivity index (χ3n) is 5.05. The summed E-state index contributed by atoms with van der Waals surface area (Å²) < 4.78 is 10.4. The van der Waals surface area contributed by atoms with Crippen molar-refractivity contribution >= 4 is 43.5 Å². The molecule has 0 radical (unpaired) electrons. The third kappa shape index (κ3) is 3.05. The first-order valence-corrected chi connectivity index (χ1v) is 9.53. The molecular weight excluding hydrogens is 376 g/mol. The fraction of sp³-hybridized carbons (Fsp3) is 0. The van der Waals surface area contributed by atoms with Crippen molar-refractivity contribution in [2.24, 2.45) is 0 Å². The molecule has 6 aromatic rings. The summed E-state index contributed by atoms with van der Waals surface area (Å²) in [5.74, 6) is 0. The quantitative estimate of drug-likeness (QED) is 0.239. The Labute approximate surface area is 170 Å². The predicted molar refractivity (Wildman–Crippen MR) is 120 cm³/mol. The standard InChI is InChI=1S/2C13H8O2/c2*14-13-11-7-2-1-5-9(11)10-6-3-4-8-12(10)15-13/h2*1-8H. The molecule has 0 bridgehead atoms. The predicted octanol–water partition coefficient (Wildman–Crippen LogP) is 5.89. The minimum Gasteiger partial charge on any atom is -0.422 e. The van der Waals surface area contributed by atoms with Crippen molar-refractivity contribution in [3.8, 4) is 0 Å². The van der Waals surface area contributed by atoms with Crippen molar-refractivity contribution in [3.63, 3.8) is 0 Å². The minimum atomic E-state index is -0.274. The zero-order valence-electron chi connectivity index (χ0n) is 15.9. The van der Waals surface area contributed by atoms with Crippen LogP contribution in [-0.2, 0) is 0 Å². The van der Waals surface area contributed by atoms with Gasteiger partial charge in [-0.3, -0.25) is 0 Å². The van der Waals surface area contributed by atoms with Crippen LogP contribution in [0.4, 0.5) is 0 Å². The van der Waals surface area contributed by atoms with E-state index < -0.39 is 0 Å². The van der Waals surface area contributed by atoms with Crippen LogP contribution >= 0.6 is 0 Å². The summed E-state index contributed by atoms with van der Waals surface area (Å²) in [6.07, 6.45) is 0. The fourth-order valence-corrected chi connectivity index (χ4v) is 3.66. The number of hydrogen-bond acceptors (Lipinski definition) is 4. The van der Waals surface area contributed by atoms with E-state index in [2.05, 4.69) is 0 Å². The van der Waals surface area contributed by atoms with E-state index in [1.807, 2.05) is 84.9 Å². The highest BCUT2D eigenvalue weighted by atomic mass is 16.4. The maximum absolute atomic E-state index is 11.6. The van der Waals surface area contributed by atoms with Gasteiger partial charge in [0.1, 0.15) is 11.2 Å². The van der Waals surface area contributed by atoms with Gasteiger partial charge in [0.2, 0.25) is 0 Å². The van der Waals surface area contributed by atoms with Crippen LogP contribution in [0.5, 0.6) is 0 Å². The SMILES string of the molecule is O=c1oc2ccccc2c2ccccc12.O=c1oc2ccccc2c2ccccc12. The Morgan fingerprint density at radius 1 is 0.367 bits per heavy atom. The van der Waals surface area contributed by atoms with Crippen LogP contribution in [0.1, 0.15) is 0 Å². The van der Waals surface area contributed by atoms with Gasteiger partial charge in [0.05, 0.1) is 10.8 Å². The molecule has 0 aliphatic heterocycles. The monoisotopic (exact) mass is 392 g/mol. The molecule has 30 heavy (non-hydrogen) atoms. The summed E-state index contributed by atoms with van der Waals surface area (Å²) in [5, 5.41) is 5.13. The number of para-hydroxylation sites is 2. The lowest BCUT2D eigenvalue weighted by molar-refractivity contribution is 0.569. The van der Waals surface area contributed by atoms with Gasteiger partial charge in [-0.1, -0.05) is 72.8 Å². The van der Waals surface area contributed by atoms with E-state index in [0.717, 1.165) is 21.5 Å². The zero-order valence-corrected chi connectivity index (χ0v) is 15.9. The van der Waals surface area contributed by atoms with Gasteiger partial charge in [-0.05, 0) is 35.0 Å². The first kappa shape index (κ1) is 17.9. The number of benzene rings is 4. The zero-order chi connectivity index (χ0) is 20.5. The Bertz CT molecular complexity index is 1520. The molecule has 0 N–H and O–H groups in total. The Hall–Kier alpha value is -4.18. The molecule has 0 atom stereocenters. The lowest BCUT2D eigenvalue weighted by atomic mass is 10.1. The van der Waals surface area contributed by atoms with Gasteiger partial charge in [0, 0.05) is 10.8 Å². The molecule has 4 aromatic carbocycles. The Kier molecular flexibility index (Phi) is 4.37. The molecular formula is C26H16O4. The van der Waals surface area contributed by atoms with Crippen LogP contribution in [0.2, 0.25) is 0 Å². The maximum Gasteiger partial charge on any atom is 0.344 e. The minimum absolute atomic E-state index is 0.274. The van der Waals surface area contributed by atoms with E-state index in [9.17, 15) is 9.59 Å². The van der Waals surface area contributed by atoms with Crippen LogP contribution in [-0.4, -0.2) is 0 Å². The lowest BCUT2D eigenvalue weighted by Crippen LogP contribution is -1.98. The number of fused-ring (bicyclic) bond motifs is 6. The summed E-state index contributed by atoms with van der Waals surface area (Å²) in [6, 6.07) is 30.1. The molecule has 0 amide bonds. The summed E-state index contributed by atoms with van der Waals surface area (Å²) in [5.41, 5.74) is 0.732. The van der Waals surface area contributed by atoms with Crippen molar-refractivity contribution in [3.05, 3.63) is 118 Å². The number of rotatable bonds is 0. The molecule has 4 heteroatoms. The fourth-order valence-electron chi connectivity index (χ4n) is 3.66. The molecule has 144 valence electrons. The average Bonchev–Trinajstić information content (AvgIpc) is 2.80. The van der Waals surface area contributed by atoms with E-state index in [1.54, 1.807) is 12.1 Å². The van der Waals surface area contributed by atoms with Crippen molar-refractivity contribution in [1.82, 2.24) is 0 Å². The van der Waals surface area contributed by atoms with Gasteiger partial charge in [0.15, 0.2) is 0 Å². The lowest BCUT2D eigenvalue weighted by Gasteiger charge is -2.00. The first-order valence-electron chi connectivity index (χ1n) is 9.53. The van der Waals surface area contributed by atoms with Crippen LogP contribution in [0.15, 0.2) is 115 Å². The normalized spacial score (nSPS) is 10.9. The van der Waals surface area contributed by atoms with E-state index in [1.165, 1.54) is 0 Å². The topological polar surface area (TPSA) is 60.4 Å². The Morgan fingerprint density at radius 2 is 0.667 bits per heavy atom. The molecule has 2 aromatic heterocycles. The van der Waals surface area contributed by atoms with E-state index in [-0.39, 0.29) is 11.3 Å². The van der Waals surface area contributed by atoms with E-state index in [0.29, 0.717) is 21.9 Å². The van der Waals surface area contributed by atoms with Gasteiger partial charge in [-0.2, -0.15) is 0 Å². The van der Waals surface area contributed by atoms with Gasteiger partial charge < -0.3 is 8.83 Å². The molecule has 0 unspecified atom stereocenters. The molecule has 0 spiro atoms. The largest absolute Gasteiger partial charge is 0.422 e. The van der Waals surface area contributed by atoms with Crippen LogP contribution in [0.25, 0.3) is 43.5 Å². The highest BCUT2D eigenvalue weighted by Crippen LogP contribution is 2.22. The van der Waals surface area contributed by atoms with Crippen LogP contribution in [0, 0.1) is 0 Å². The van der Waals surface area contributed by atoms with Crippen molar-refractivity contribution in [2.45, 2.75) is 0 Å². The maximum atomic E-state index is 11.6. The highest BCUT2D eigenvalue weighted by molar-refractivity contribution is 6.04. The van der Waals surface area contributed by atoms with Gasteiger partial charge in [-0.15, -0.1) is 0 Å². The van der Waals surface area contributed by atoms with Crippen molar-refractivity contribution in [1.29, 1.82) is 0 Å². The summed E-state index contributed by atoms with van der Waals surface area (Å²) in [6.45, 7) is 0. The van der Waals surface area contributed by atoms with Crippen molar-refractivity contribution in [2.75, 3.05) is 0 Å². The van der Waals surface area contributed by atoms with Crippen LogP contribution in [0.3, 0.4) is 0 Å². The van der Waals surface area contributed by atoms with Gasteiger partial charge >= 0.3 is 11.3 Å². The second kappa shape index (κ2) is 7.33. The summed E-state index contributed by atoms with van der Waals surface area (Å²) >= 11 is 0. The smallest absolute Gasteiger partial charge is 0.344 e. The average molecular weight is 392 g/mol. The second-order valence-electron chi connectivity index (χ2n) is 6.86. The van der Waals surface area contributed by atoms with E-state index >= 15 is 0 Å². The van der Waals surface area contributed by atoms with Crippen molar-refractivity contribution < 1.29 is 8.83 Å². The third-order valence-corrected chi connectivity index (χ3v) is 5.05. The van der Waals surface area contributed by atoms with E-state index in [4.69, 9.17) is 8.83 Å². The second-order valence-corrected chi connectivity index (χ2v) is 6.86. The first-order chi connectivity index (χ1) is 14.7. The number of hydrogen-bond donors (Lipinski definition) is 0. The molecule has 0 aliphatic rings.